The Morgan fingerprint density at radius 1 is 0.917 bits per heavy atom. The fraction of sp³-hybridized carbons (Fsp3) is 0.632. The van der Waals surface area contributed by atoms with E-state index in [0.29, 0.717) is 13.2 Å². The lowest BCUT2D eigenvalue weighted by atomic mass is 10.1. The molecule has 24 heavy (non-hydrogen) atoms. The summed E-state index contributed by atoms with van der Waals surface area (Å²) in [5.74, 6) is 1.09. The van der Waals surface area contributed by atoms with Gasteiger partial charge in [-0.05, 0) is 30.5 Å². The van der Waals surface area contributed by atoms with E-state index in [1.807, 2.05) is 0 Å². The number of unbranched alkanes of at least 4 members (excludes halogenated alkanes) is 7. The minimum atomic E-state index is 0.0634. The molecule has 0 fully saturated rings. The molecule has 0 heterocycles. The third-order valence-corrected chi connectivity index (χ3v) is 4.62. The van der Waals surface area contributed by atoms with E-state index in [2.05, 4.69) is 0 Å². The van der Waals surface area contributed by atoms with E-state index in [1.54, 1.807) is 19.1 Å². The summed E-state index contributed by atoms with van der Waals surface area (Å²) in [4.78, 5) is 10.8. The molecule has 136 valence electrons. The SMILES string of the molecule is CC(=O)SCCCCCCCCCCOCc1cc(O)cc(O)c1. The first-order valence-corrected chi connectivity index (χ1v) is 9.79. The van der Waals surface area contributed by atoms with Crippen molar-refractivity contribution >= 4 is 16.9 Å². The van der Waals surface area contributed by atoms with Crippen LogP contribution in [0.3, 0.4) is 0 Å². The number of carbonyl (C=O) groups is 1. The molecule has 0 aliphatic heterocycles. The van der Waals surface area contributed by atoms with Gasteiger partial charge in [-0.25, -0.2) is 0 Å². The average Bonchev–Trinajstić information content (AvgIpc) is 2.50. The van der Waals surface area contributed by atoms with Gasteiger partial charge >= 0.3 is 0 Å². The summed E-state index contributed by atoms with van der Waals surface area (Å²) >= 11 is 1.43. The second-order valence-electron chi connectivity index (χ2n) is 6.08. The molecule has 0 spiro atoms. The summed E-state index contributed by atoms with van der Waals surface area (Å²) < 4.78 is 5.57. The number of aromatic hydroxyl groups is 2. The Hall–Kier alpha value is -1.20. The highest BCUT2D eigenvalue weighted by atomic mass is 32.2. The van der Waals surface area contributed by atoms with Gasteiger partial charge in [-0.3, -0.25) is 4.79 Å². The highest BCUT2D eigenvalue weighted by Crippen LogP contribution is 2.21. The first kappa shape index (κ1) is 20.8. The van der Waals surface area contributed by atoms with Gasteiger partial charge in [0.05, 0.1) is 6.61 Å². The van der Waals surface area contributed by atoms with E-state index in [1.165, 1.54) is 56.4 Å². The van der Waals surface area contributed by atoms with Crippen molar-refractivity contribution in [3.63, 3.8) is 0 Å². The van der Waals surface area contributed by atoms with E-state index in [-0.39, 0.29) is 16.6 Å². The third-order valence-electron chi connectivity index (χ3n) is 3.72. The Bertz CT molecular complexity index is 456. The number of rotatable bonds is 13. The molecule has 0 aliphatic carbocycles. The molecule has 0 unspecified atom stereocenters. The Labute approximate surface area is 149 Å². The first-order chi connectivity index (χ1) is 11.6. The fourth-order valence-corrected chi connectivity index (χ4v) is 3.15. The third kappa shape index (κ3) is 11.4. The van der Waals surface area contributed by atoms with Crippen LogP contribution in [0.2, 0.25) is 0 Å². The normalized spacial score (nSPS) is 10.9. The predicted octanol–water partition coefficient (Wildman–Crippen LogP) is 5.01. The summed E-state index contributed by atoms with van der Waals surface area (Å²) in [5.41, 5.74) is 0.787. The first-order valence-electron chi connectivity index (χ1n) is 8.81. The molecular formula is C19H30O4S. The number of carbonyl (C=O) groups excluding carboxylic acids is 1. The van der Waals surface area contributed by atoms with Gasteiger partial charge in [0.2, 0.25) is 0 Å². The minimum absolute atomic E-state index is 0.0634. The van der Waals surface area contributed by atoms with Gasteiger partial charge in [-0.2, -0.15) is 0 Å². The zero-order chi connectivity index (χ0) is 17.6. The average molecular weight is 355 g/mol. The Morgan fingerprint density at radius 3 is 2.04 bits per heavy atom. The van der Waals surface area contributed by atoms with Crippen LogP contribution < -0.4 is 0 Å². The van der Waals surface area contributed by atoms with E-state index in [4.69, 9.17) is 4.74 Å². The summed E-state index contributed by atoms with van der Waals surface area (Å²) in [6, 6.07) is 4.52. The van der Waals surface area contributed by atoms with Crippen molar-refractivity contribution in [1.29, 1.82) is 0 Å². The van der Waals surface area contributed by atoms with Crippen LogP contribution in [0.4, 0.5) is 0 Å². The highest BCUT2D eigenvalue weighted by Gasteiger charge is 2.00. The monoisotopic (exact) mass is 354 g/mol. The van der Waals surface area contributed by atoms with E-state index >= 15 is 0 Å². The molecule has 0 atom stereocenters. The van der Waals surface area contributed by atoms with Crippen LogP contribution in [0.15, 0.2) is 18.2 Å². The lowest BCUT2D eigenvalue weighted by Gasteiger charge is -2.06. The molecule has 0 radical (unpaired) electrons. The second kappa shape index (κ2) is 13.1. The minimum Gasteiger partial charge on any atom is -0.508 e. The van der Waals surface area contributed by atoms with E-state index in [9.17, 15) is 15.0 Å². The van der Waals surface area contributed by atoms with Crippen LogP contribution in [0.25, 0.3) is 0 Å². The fourth-order valence-electron chi connectivity index (χ4n) is 2.51. The van der Waals surface area contributed by atoms with E-state index in [0.717, 1.165) is 24.2 Å². The molecule has 2 N–H and O–H groups in total. The van der Waals surface area contributed by atoms with Gasteiger partial charge in [0.1, 0.15) is 11.5 Å². The van der Waals surface area contributed by atoms with Crippen LogP contribution in [0.5, 0.6) is 11.5 Å². The summed E-state index contributed by atoms with van der Waals surface area (Å²) in [6.45, 7) is 2.75. The molecule has 1 aromatic rings. The maximum atomic E-state index is 10.8. The van der Waals surface area contributed by atoms with Crippen LogP contribution >= 0.6 is 11.8 Å². The lowest BCUT2D eigenvalue weighted by Crippen LogP contribution is -1.95. The number of benzene rings is 1. The van der Waals surface area contributed by atoms with Crippen LogP contribution in [0.1, 0.15) is 63.9 Å². The second-order valence-corrected chi connectivity index (χ2v) is 7.35. The highest BCUT2D eigenvalue weighted by molar-refractivity contribution is 8.13. The number of hydrogen-bond acceptors (Lipinski definition) is 5. The van der Waals surface area contributed by atoms with Crippen molar-refractivity contribution < 1.29 is 19.7 Å². The topological polar surface area (TPSA) is 66.8 Å². The molecule has 4 nitrogen and oxygen atoms in total. The molecule has 0 saturated heterocycles. The lowest BCUT2D eigenvalue weighted by molar-refractivity contribution is -0.109. The number of phenols is 2. The van der Waals surface area contributed by atoms with Gasteiger partial charge < -0.3 is 14.9 Å². The van der Waals surface area contributed by atoms with Crippen LogP contribution in [-0.2, 0) is 16.1 Å². The van der Waals surface area contributed by atoms with Gasteiger partial charge in [0.15, 0.2) is 5.12 Å². The largest absolute Gasteiger partial charge is 0.508 e. The molecule has 0 amide bonds. The molecule has 0 saturated carbocycles. The smallest absolute Gasteiger partial charge is 0.185 e. The van der Waals surface area contributed by atoms with Gasteiger partial charge in [0.25, 0.3) is 0 Å². The number of phenolic OH excluding ortho intramolecular Hbond substituents is 2. The van der Waals surface area contributed by atoms with Crippen molar-refractivity contribution in [2.75, 3.05) is 12.4 Å². The molecule has 0 aliphatic rings. The van der Waals surface area contributed by atoms with E-state index < -0.39 is 0 Å². The standard InChI is InChI=1S/C19H30O4S/c1-16(20)24-11-9-7-5-3-2-4-6-8-10-23-15-17-12-18(21)14-19(22)13-17/h12-14,21-22H,2-11,15H2,1H3. The van der Waals surface area contributed by atoms with Crippen molar-refractivity contribution in [3.05, 3.63) is 23.8 Å². The maximum Gasteiger partial charge on any atom is 0.185 e. The summed E-state index contributed by atoms with van der Waals surface area (Å²) in [7, 11) is 0. The zero-order valence-electron chi connectivity index (χ0n) is 14.6. The maximum absolute atomic E-state index is 10.8. The van der Waals surface area contributed by atoms with Crippen LogP contribution in [0, 0.1) is 0 Å². The summed E-state index contributed by atoms with van der Waals surface area (Å²) in [5, 5.41) is 19.0. The van der Waals surface area contributed by atoms with Crippen molar-refractivity contribution in [2.24, 2.45) is 0 Å². The molecule has 5 heteroatoms. The van der Waals surface area contributed by atoms with Crippen LogP contribution in [-0.4, -0.2) is 27.7 Å². The Kier molecular flexibility index (Phi) is 11.4. The number of thioether (sulfide) groups is 1. The molecule has 1 rings (SSSR count). The molecule has 0 bridgehead atoms. The quantitative estimate of drug-likeness (QED) is 0.487. The number of hydrogen-bond donors (Lipinski definition) is 2. The number of ether oxygens (including phenoxy) is 1. The van der Waals surface area contributed by atoms with Gasteiger partial charge in [-0.15, -0.1) is 0 Å². The van der Waals surface area contributed by atoms with Gasteiger partial charge in [0, 0.05) is 25.3 Å². The van der Waals surface area contributed by atoms with Gasteiger partial charge in [-0.1, -0.05) is 50.3 Å². The summed E-state index contributed by atoms with van der Waals surface area (Å²) in [6.07, 6.45) is 9.61. The Balaban J connectivity index is 1.86. The zero-order valence-corrected chi connectivity index (χ0v) is 15.4. The predicted molar refractivity (Wildman–Crippen MR) is 99.5 cm³/mol. The molecule has 0 aromatic heterocycles. The van der Waals surface area contributed by atoms with Crippen molar-refractivity contribution in [1.82, 2.24) is 0 Å². The Morgan fingerprint density at radius 2 is 1.46 bits per heavy atom. The van der Waals surface area contributed by atoms with Crippen molar-refractivity contribution in [2.45, 2.75) is 64.9 Å². The molecule has 1 aromatic carbocycles. The molecular weight excluding hydrogens is 324 g/mol. The van der Waals surface area contributed by atoms with Crippen molar-refractivity contribution in [3.8, 4) is 11.5 Å².